The van der Waals surface area contributed by atoms with Crippen molar-refractivity contribution in [3.63, 3.8) is 0 Å². The zero-order valence-electron chi connectivity index (χ0n) is 5.27. The van der Waals surface area contributed by atoms with Crippen LogP contribution in [-0.4, -0.2) is 15.5 Å². The number of unbranched alkanes of at least 4 members (excludes halogenated alkanes) is 2. The first-order valence-electron chi connectivity index (χ1n) is 3.05. The van der Waals surface area contributed by atoms with Crippen LogP contribution in [0.3, 0.4) is 0 Å². The van der Waals surface area contributed by atoms with Gasteiger partial charge in [0.15, 0.2) is 0 Å². The molecular formula is C6H11IO2. The van der Waals surface area contributed by atoms with Crippen molar-refractivity contribution in [3.8, 4) is 0 Å². The zero-order valence-corrected chi connectivity index (χ0v) is 7.43. The molecule has 0 amide bonds. The number of hydrogen-bond donors (Lipinski definition) is 1. The largest absolute Gasteiger partial charge is 0.481 e. The van der Waals surface area contributed by atoms with Crippen LogP contribution in [0.5, 0.6) is 0 Å². The SMILES string of the molecule is O=C(O)CCCCCI. The minimum absolute atomic E-state index is 0.330. The number of rotatable bonds is 5. The predicted octanol–water partition coefficient (Wildman–Crippen LogP) is 2.07. The van der Waals surface area contributed by atoms with E-state index in [1.807, 2.05) is 0 Å². The van der Waals surface area contributed by atoms with Gasteiger partial charge in [-0.05, 0) is 17.3 Å². The third kappa shape index (κ3) is 8.20. The van der Waals surface area contributed by atoms with Gasteiger partial charge in [-0.3, -0.25) is 4.79 Å². The van der Waals surface area contributed by atoms with Crippen molar-refractivity contribution in [1.82, 2.24) is 0 Å². The molecule has 3 heteroatoms. The molecule has 0 atom stereocenters. The molecule has 0 heterocycles. The van der Waals surface area contributed by atoms with Gasteiger partial charge in [-0.1, -0.05) is 29.0 Å². The fraction of sp³-hybridized carbons (Fsp3) is 0.833. The Labute approximate surface area is 68.8 Å². The highest BCUT2D eigenvalue weighted by molar-refractivity contribution is 14.1. The van der Waals surface area contributed by atoms with Crippen LogP contribution in [0.1, 0.15) is 25.7 Å². The van der Waals surface area contributed by atoms with Gasteiger partial charge in [-0.25, -0.2) is 0 Å². The van der Waals surface area contributed by atoms with Gasteiger partial charge in [0.25, 0.3) is 0 Å². The Hall–Kier alpha value is 0.200. The second-order valence-corrected chi connectivity index (χ2v) is 2.97. The molecule has 54 valence electrons. The average molecular weight is 242 g/mol. The zero-order chi connectivity index (χ0) is 7.11. The fourth-order valence-electron chi connectivity index (χ4n) is 0.547. The molecule has 0 aliphatic rings. The Morgan fingerprint density at radius 1 is 1.33 bits per heavy atom. The lowest BCUT2D eigenvalue weighted by Crippen LogP contribution is -1.93. The second kappa shape index (κ2) is 6.32. The van der Waals surface area contributed by atoms with Crippen molar-refractivity contribution in [2.24, 2.45) is 0 Å². The van der Waals surface area contributed by atoms with E-state index in [1.165, 1.54) is 0 Å². The van der Waals surface area contributed by atoms with E-state index >= 15 is 0 Å². The van der Waals surface area contributed by atoms with Gasteiger partial charge in [0, 0.05) is 6.42 Å². The summed E-state index contributed by atoms with van der Waals surface area (Å²) in [5, 5.41) is 8.21. The Kier molecular flexibility index (Phi) is 6.46. The summed E-state index contributed by atoms with van der Waals surface area (Å²) in [6.07, 6.45) is 3.36. The maximum Gasteiger partial charge on any atom is 0.303 e. The summed E-state index contributed by atoms with van der Waals surface area (Å²) in [4.78, 5) is 9.96. The van der Waals surface area contributed by atoms with Crippen LogP contribution in [0.4, 0.5) is 0 Å². The van der Waals surface area contributed by atoms with E-state index in [2.05, 4.69) is 22.6 Å². The molecule has 0 saturated carbocycles. The Morgan fingerprint density at radius 3 is 2.44 bits per heavy atom. The monoisotopic (exact) mass is 242 g/mol. The average Bonchev–Trinajstić information content (AvgIpc) is 1.80. The summed E-state index contributed by atoms with van der Waals surface area (Å²) >= 11 is 2.30. The van der Waals surface area contributed by atoms with E-state index in [0.717, 1.165) is 23.7 Å². The summed E-state index contributed by atoms with van der Waals surface area (Å²) in [5.74, 6) is -0.677. The van der Waals surface area contributed by atoms with Gasteiger partial charge in [-0.2, -0.15) is 0 Å². The maximum absolute atomic E-state index is 9.96. The molecule has 0 rings (SSSR count). The highest BCUT2D eigenvalue weighted by Crippen LogP contribution is 2.01. The lowest BCUT2D eigenvalue weighted by atomic mass is 10.2. The van der Waals surface area contributed by atoms with E-state index in [1.54, 1.807) is 0 Å². The first-order valence-corrected chi connectivity index (χ1v) is 4.57. The van der Waals surface area contributed by atoms with Crippen molar-refractivity contribution in [2.45, 2.75) is 25.7 Å². The van der Waals surface area contributed by atoms with Gasteiger partial charge >= 0.3 is 5.97 Å². The van der Waals surface area contributed by atoms with Gasteiger partial charge < -0.3 is 5.11 Å². The van der Waals surface area contributed by atoms with Crippen LogP contribution in [0.2, 0.25) is 0 Å². The molecule has 0 bridgehead atoms. The van der Waals surface area contributed by atoms with Crippen molar-refractivity contribution in [2.75, 3.05) is 4.43 Å². The van der Waals surface area contributed by atoms with Crippen molar-refractivity contribution in [3.05, 3.63) is 0 Å². The number of carboxylic acid groups (broad SMARTS) is 1. The smallest absolute Gasteiger partial charge is 0.303 e. The molecule has 0 radical (unpaired) electrons. The molecule has 0 aromatic rings. The lowest BCUT2D eigenvalue weighted by molar-refractivity contribution is -0.137. The van der Waals surface area contributed by atoms with Crippen molar-refractivity contribution < 1.29 is 9.90 Å². The van der Waals surface area contributed by atoms with E-state index in [9.17, 15) is 4.79 Å². The van der Waals surface area contributed by atoms with Gasteiger partial charge in [-0.15, -0.1) is 0 Å². The first kappa shape index (κ1) is 9.20. The number of hydrogen-bond acceptors (Lipinski definition) is 1. The van der Waals surface area contributed by atoms with Crippen LogP contribution in [-0.2, 0) is 4.79 Å². The highest BCUT2D eigenvalue weighted by atomic mass is 127. The lowest BCUT2D eigenvalue weighted by Gasteiger charge is -1.92. The number of halogens is 1. The standard InChI is InChI=1S/C6H11IO2/c7-5-3-1-2-4-6(8)9/h1-5H2,(H,8,9). The number of aliphatic carboxylic acids is 1. The van der Waals surface area contributed by atoms with E-state index in [4.69, 9.17) is 5.11 Å². The molecule has 0 fully saturated rings. The molecule has 0 aliphatic carbocycles. The molecule has 0 aliphatic heterocycles. The van der Waals surface area contributed by atoms with Crippen LogP contribution in [0, 0.1) is 0 Å². The Balaban J connectivity index is 2.83. The maximum atomic E-state index is 9.96. The number of carboxylic acids is 1. The topological polar surface area (TPSA) is 37.3 Å². The third-order valence-corrected chi connectivity index (χ3v) is 1.79. The number of carbonyl (C=O) groups is 1. The molecule has 2 nitrogen and oxygen atoms in total. The Morgan fingerprint density at radius 2 is 2.00 bits per heavy atom. The van der Waals surface area contributed by atoms with Crippen LogP contribution >= 0.6 is 22.6 Å². The van der Waals surface area contributed by atoms with Gasteiger partial charge in [0.2, 0.25) is 0 Å². The highest BCUT2D eigenvalue weighted by Gasteiger charge is 1.94. The molecule has 9 heavy (non-hydrogen) atoms. The molecule has 0 aromatic heterocycles. The second-order valence-electron chi connectivity index (χ2n) is 1.89. The normalized spacial score (nSPS) is 9.44. The van der Waals surface area contributed by atoms with Crippen LogP contribution < -0.4 is 0 Å². The minimum atomic E-state index is -0.677. The van der Waals surface area contributed by atoms with E-state index < -0.39 is 5.97 Å². The molecule has 0 spiro atoms. The Bertz CT molecular complexity index is 83.1. The minimum Gasteiger partial charge on any atom is -0.481 e. The molecule has 0 unspecified atom stereocenters. The van der Waals surface area contributed by atoms with Crippen LogP contribution in [0.15, 0.2) is 0 Å². The van der Waals surface area contributed by atoms with Crippen LogP contribution in [0.25, 0.3) is 0 Å². The summed E-state index contributed by atoms with van der Waals surface area (Å²) in [7, 11) is 0. The quantitative estimate of drug-likeness (QED) is 0.455. The summed E-state index contributed by atoms with van der Waals surface area (Å²) in [6, 6.07) is 0. The molecule has 1 N–H and O–H groups in total. The third-order valence-electron chi connectivity index (χ3n) is 1.02. The fourth-order valence-corrected chi connectivity index (χ4v) is 1.09. The summed E-state index contributed by atoms with van der Waals surface area (Å²) in [5.41, 5.74) is 0. The van der Waals surface area contributed by atoms with Crippen molar-refractivity contribution in [1.29, 1.82) is 0 Å². The molecular weight excluding hydrogens is 231 g/mol. The molecule has 0 saturated heterocycles. The van der Waals surface area contributed by atoms with E-state index in [0.29, 0.717) is 6.42 Å². The van der Waals surface area contributed by atoms with Gasteiger partial charge in [0.1, 0.15) is 0 Å². The predicted molar refractivity (Wildman–Crippen MR) is 45.0 cm³/mol. The van der Waals surface area contributed by atoms with Crippen molar-refractivity contribution >= 4 is 28.6 Å². The molecule has 0 aromatic carbocycles. The van der Waals surface area contributed by atoms with E-state index in [-0.39, 0.29) is 0 Å². The summed E-state index contributed by atoms with van der Waals surface area (Å²) in [6.45, 7) is 0. The number of alkyl halides is 1. The van der Waals surface area contributed by atoms with Gasteiger partial charge in [0.05, 0.1) is 0 Å². The first-order chi connectivity index (χ1) is 4.27. The summed E-state index contributed by atoms with van der Waals surface area (Å²) < 4.78 is 1.14.